The van der Waals surface area contributed by atoms with Crippen molar-refractivity contribution in [3.8, 4) is 24.2 Å². The van der Waals surface area contributed by atoms with Gasteiger partial charge in [0.05, 0.1) is 4.92 Å². The Hall–Kier alpha value is -3.62. The van der Waals surface area contributed by atoms with Crippen molar-refractivity contribution in [2.75, 3.05) is 0 Å². The van der Waals surface area contributed by atoms with Gasteiger partial charge in [-0.25, -0.2) is 0 Å². The maximum Gasteiger partial charge on any atom is 0.385 e. The number of nitro benzene ring substituents is 1. The molecule has 5 heteroatoms. The van der Waals surface area contributed by atoms with Gasteiger partial charge in [-0.3, -0.25) is 10.1 Å². The second-order valence-electron chi connectivity index (χ2n) is 4.00. The van der Waals surface area contributed by atoms with E-state index < -0.39 is 4.92 Å². The number of benzene rings is 2. The molecule has 2 aromatic carbocycles. The topological polar surface area (TPSA) is 71.3 Å². The van der Waals surface area contributed by atoms with Gasteiger partial charge in [-0.1, -0.05) is 23.8 Å². The van der Waals surface area contributed by atoms with E-state index >= 15 is 0 Å². The molecule has 0 heterocycles. The Bertz CT molecular complexity index is 844. The quantitative estimate of drug-likeness (QED) is 0.346. The third kappa shape index (κ3) is 3.04. The Kier molecular flexibility index (Phi) is 3.95. The summed E-state index contributed by atoms with van der Waals surface area (Å²) in [7, 11) is 0. The first-order valence-electron chi connectivity index (χ1n) is 5.87. The van der Waals surface area contributed by atoms with Gasteiger partial charge in [0, 0.05) is 29.3 Å². The minimum atomic E-state index is -0.530. The van der Waals surface area contributed by atoms with Crippen LogP contribution in [0.25, 0.3) is 4.98 Å². The van der Waals surface area contributed by atoms with Gasteiger partial charge in [-0.2, -0.15) is 0 Å². The molecule has 5 nitrogen and oxygen atoms in total. The lowest BCUT2D eigenvalue weighted by Crippen LogP contribution is -1.94. The summed E-state index contributed by atoms with van der Waals surface area (Å²) < 4.78 is 0. The van der Waals surface area contributed by atoms with E-state index in [0.717, 1.165) is 0 Å². The van der Waals surface area contributed by atoms with E-state index in [-0.39, 0.29) is 11.3 Å². The molecule has 0 bridgehead atoms. The summed E-state index contributed by atoms with van der Waals surface area (Å²) in [4.78, 5) is 13.4. The third-order valence-electron chi connectivity index (χ3n) is 2.71. The minimum absolute atomic E-state index is 0.140. The standard InChI is InChI=1S/C16H8N3O2/c1-2-15-13(4-3-5-16(15)19(20)21)9-6-12-7-10-14(18-17)11-8-12/h1,3-5,7-8,10-11H/q+1. The van der Waals surface area contributed by atoms with E-state index in [9.17, 15) is 10.1 Å². The molecule has 0 unspecified atom stereocenters. The maximum absolute atomic E-state index is 10.9. The van der Waals surface area contributed by atoms with Crippen molar-refractivity contribution >= 4 is 11.4 Å². The summed E-state index contributed by atoms with van der Waals surface area (Å²) in [5.74, 6) is 7.99. The van der Waals surface area contributed by atoms with E-state index in [2.05, 4.69) is 22.7 Å². The van der Waals surface area contributed by atoms with Crippen LogP contribution in [0.1, 0.15) is 16.7 Å². The Labute approximate surface area is 121 Å². The molecule has 0 aromatic heterocycles. The molecular weight excluding hydrogens is 266 g/mol. The lowest BCUT2D eigenvalue weighted by Gasteiger charge is -1.98. The number of hydrogen-bond donors (Lipinski definition) is 0. The zero-order valence-electron chi connectivity index (χ0n) is 10.8. The highest BCUT2D eigenvalue weighted by atomic mass is 16.6. The van der Waals surface area contributed by atoms with Crippen LogP contribution in [0.4, 0.5) is 11.4 Å². The molecule has 0 atom stereocenters. The van der Waals surface area contributed by atoms with Crippen LogP contribution in [0.2, 0.25) is 0 Å². The van der Waals surface area contributed by atoms with Gasteiger partial charge in [-0.05, 0) is 18.2 Å². The van der Waals surface area contributed by atoms with Gasteiger partial charge in [0.1, 0.15) is 5.56 Å². The molecule has 0 N–H and O–H groups in total. The van der Waals surface area contributed by atoms with Crippen LogP contribution < -0.4 is 0 Å². The second-order valence-corrected chi connectivity index (χ2v) is 4.00. The summed E-state index contributed by atoms with van der Waals surface area (Å²) in [6.07, 6.45) is 5.33. The van der Waals surface area contributed by atoms with Crippen LogP contribution in [-0.2, 0) is 0 Å². The Morgan fingerprint density at radius 1 is 1.14 bits per heavy atom. The maximum atomic E-state index is 10.9. The minimum Gasteiger partial charge on any atom is -0.258 e. The van der Waals surface area contributed by atoms with Crippen molar-refractivity contribution < 1.29 is 4.92 Å². The lowest BCUT2D eigenvalue weighted by atomic mass is 10.1. The Morgan fingerprint density at radius 3 is 2.43 bits per heavy atom. The van der Waals surface area contributed by atoms with Crippen LogP contribution in [0.5, 0.6) is 0 Å². The number of diazo groups is 1. The molecule has 0 aliphatic carbocycles. The molecule has 2 rings (SSSR count). The molecule has 0 aliphatic rings. The van der Waals surface area contributed by atoms with E-state index in [1.807, 2.05) is 0 Å². The van der Waals surface area contributed by atoms with Crippen LogP contribution in [0, 0.1) is 39.7 Å². The number of rotatable bonds is 1. The highest BCUT2D eigenvalue weighted by Gasteiger charge is 2.14. The SMILES string of the molecule is C#Cc1c(C#Cc2ccc([N+]#N)cc2)cccc1[N+](=O)[O-]. The van der Waals surface area contributed by atoms with Gasteiger partial charge in [0.15, 0.2) is 4.98 Å². The van der Waals surface area contributed by atoms with Gasteiger partial charge < -0.3 is 0 Å². The largest absolute Gasteiger partial charge is 0.385 e. The fraction of sp³-hybridized carbons (Fsp3) is 0. The van der Waals surface area contributed by atoms with Crippen molar-refractivity contribution in [2.45, 2.75) is 0 Å². The van der Waals surface area contributed by atoms with E-state index in [1.165, 1.54) is 12.1 Å². The second kappa shape index (κ2) is 6.02. The Morgan fingerprint density at radius 2 is 1.86 bits per heavy atom. The van der Waals surface area contributed by atoms with Crippen molar-refractivity contribution in [1.29, 1.82) is 5.39 Å². The fourth-order valence-electron chi connectivity index (χ4n) is 1.70. The zero-order valence-corrected chi connectivity index (χ0v) is 10.8. The number of nitrogens with zero attached hydrogens (tertiary/aromatic N) is 3. The number of terminal acetylenes is 1. The molecule has 0 radical (unpaired) electrons. The summed E-state index contributed by atoms with van der Waals surface area (Å²) in [6.45, 7) is 0. The van der Waals surface area contributed by atoms with E-state index in [4.69, 9.17) is 11.8 Å². The van der Waals surface area contributed by atoms with Gasteiger partial charge in [-0.15, -0.1) is 6.42 Å². The third-order valence-corrected chi connectivity index (χ3v) is 2.71. The first-order chi connectivity index (χ1) is 10.2. The first-order valence-corrected chi connectivity index (χ1v) is 5.87. The molecule has 0 saturated carbocycles. The summed E-state index contributed by atoms with van der Waals surface area (Å²) in [5.41, 5.74) is 1.54. The van der Waals surface area contributed by atoms with Gasteiger partial charge in [0.25, 0.3) is 5.69 Å². The molecule has 0 fully saturated rings. The highest BCUT2D eigenvalue weighted by molar-refractivity contribution is 5.61. The van der Waals surface area contributed by atoms with Crippen LogP contribution in [0.15, 0.2) is 42.5 Å². The molecule has 0 spiro atoms. The van der Waals surface area contributed by atoms with Crippen LogP contribution in [0.3, 0.4) is 0 Å². The zero-order chi connectivity index (χ0) is 15.2. The fourth-order valence-corrected chi connectivity index (χ4v) is 1.70. The van der Waals surface area contributed by atoms with E-state index in [0.29, 0.717) is 16.8 Å². The summed E-state index contributed by atoms with van der Waals surface area (Å²) >= 11 is 0. The van der Waals surface area contributed by atoms with Crippen molar-refractivity contribution in [2.24, 2.45) is 0 Å². The van der Waals surface area contributed by atoms with Gasteiger partial charge >= 0.3 is 5.69 Å². The molecule has 0 amide bonds. The molecule has 2 aromatic rings. The van der Waals surface area contributed by atoms with Crippen molar-refractivity contribution in [3.63, 3.8) is 0 Å². The van der Waals surface area contributed by atoms with Crippen LogP contribution >= 0.6 is 0 Å². The predicted molar refractivity (Wildman–Crippen MR) is 78.2 cm³/mol. The average Bonchev–Trinajstić information content (AvgIpc) is 2.52. The highest BCUT2D eigenvalue weighted by Crippen LogP contribution is 2.20. The van der Waals surface area contributed by atoms with E-state index in [1.54, 1.807) is 30.3 Å². The van der Waals surface area contributed by atoms with Gasteiger partial charge in [0.2, 0.25) is 5.39 Å². The molecule has 21 heavy (non-hydrogen) atoms. The number of nitro groups is 1. The summed E-state index contributed by atoms with van der Waals surface area (Å²) in [5, 5.41) is 19.5. The molecule has 0 saturated heterocycles. The normalized spacial score (nSPS) is 8.86. The molecule has 98 valence electrons. The van der Waals surface area contributed by atoms with Crippen LogP contribution in [-0.4, -0.2) is 4.92 Å². The lowest BCUT2D eigenvalue weighted by molar-refractivity contribution is -0.385. The monoisotopic (exact) mass is 274 g/mol. The summed E-state index contributed by atoms with van der Waals surface area (Å²) in [6, 6.07) is 11.1. The average molecular weight is 274 g/mol. The van der Waals surface area contributed by atoms with Crippen molar-refractivity contribution in [3.05, 3.63) is 74.2 Å². The first kappa shape index (κ1) is 13.8. The predicted octanol–water partition coefficient (Wildman–Crippen LogP) is 3.46. The number of hydrogen-bond acceptors (Lipinski definition) is 3. The molecular formula is C16H8N3O2+. The molecule has 0 aliphatic heterocycles. The van der Waals surface area contributed by atoms with Crippen molar-refractivity contribution in [1.82, 2.24) is 0 Å². The smallest absolute Gasteiger partial charge is 0.258 e. The Balaban J connectivity index is 2.43.